The van der Waals surface area contributed by atoms with Crippen molar-refractivity contribution in [2.45, 2.75) is 12.5 Å². The van der Waals surface area contributed by atoms with Gasteiger partial charge >= 0.3 is 0 Å². The van der Waals surface area contributed by atoms with Crippen molar-refractivity contribution in [1.82, 2.24) is 24.8 Å². The van der Waals surface area contributed by atoms with Crippen LogP contribution >= 0.6 is 0 Å². The first-order valence-corrected chi connectivity index (χ1v) is 8.05. The van der Waals surface area contributed by atoms with Gasteiger partial charge in [-0.05, 0) is 11.6 Å². The summed E-state index contributed by atoms with van der Waals surface area (Å²) in [5, 5.41) is 2.53. The van der Waals surface area contributed by atoms with Gasteiger partial charge in [-0.2, -0.15) is 0 Å². The zero-order valence-electron chi connectivity index (χ0n) is 14.1. The molecule has 1 atom stereocenters. The monoisotopic (exact) mass is 364 g/mol. The van der Waals surface area contributed by atoms with E-state index in [0.717, 1.165) is 5.56 Å². The van der Waals surface area contributed by atoms with Crippen LogP contribution in [-0.2, 0) is 16.0 Å². The van der Waals surface area contributed by atoms with E-state index in [-0.39, 0.29) is 18.2 Å². The van der Waals surface area contributed by atoms with Crippen LogP contribution in [0.4, 0.5) is 0 Å². The third-order valence-electron chi connectivity index (χ3n) is 3.76. The van der Waals surface area contributed by atoms with Gasteiger partial charge in [0.25, 0.3) is 11.8 Å². The molecule has 136 valence electrons. The second-order valence-electron chi connectivity index (χ2n) is 5.61. The number of rotatable bonds is 7. The molecule has 0 radical (unpaired) electrons. The number of amides is 2. The summed E-state index contributed by atoms with van der Waals surface area (Å²) in [4.78, 5) is 48.3. The van der Waals surface area contributed by atoms with E-state index in [4.69, 9.17) is 5.73 Å². The smallest absolute Gasteiger partial charge is 0.288 e. The molecule has 3 aromatic rings. The highest BCUT2D eigenvalue weighted by Gasteiger charge is 2.27. The van der Waals surface area contributed by atoms with Gasteiger partial charge in [0, 0.05) is 31.2 Å². The number of Topliss-reactive ketones (excluding diaryl/α,β-unsaturated/α-hetero) is 1. The molecule has 0 spiro atoms. The third kappa shape index (κ3) is 4.21. The van der Waals surface area contributed by atoms with Gasteiger partial charge < -0.3 is 11.1 Å². The summed E-state index contributed by atoms with van der Waals surface area (Å²) < 4.78 is 1.38. The Balaban J connectivity index is 1.84. The van der Waals surface area contributed by atoms with Gasteiger partial charge in [0.2, 0.25) is 17.6 Å². The minimum atomic E-state index is -1.12. The summed E-state index contributed by atoms with van der Waals surface area (Å²) >= 11 is 0. The van der Waals surface area contributed by atoms with Gasteiger partial charge in [-0.1, -0.05) is 30.3 Å². The minimum Gasteiger partial charge on any atom is -0.363 e. The molecule has 2 aromatic heterocycles. The molecule has 9 nitrogen and oxygen atoms in total. The second-order valence-corrected chi connectivity index (χ2v) is 5.61. The number of nitrogens with zero attached hydrogens (tertiary/aromatic N) is 4. The lowest BCUT2D eigenvalue weighted by molar-refractivity contribution is -0.137. The number of ketones is 1. The molecule has 0 aliphatic carbocycles. The van der Waals surface area contributed by atoms with E-state index >= 15 is 0 Å². The second kappa shape index (κ2) is 8.00. The summed E-state index contributed by atoms with van der Waals surface area (Å²) in [5.74, 6) is -2.42. The highest BCUT2D eigenvalue weighted by atomic mass is 16.2. The van der Waals surface area contributed by atoms with E-state index in [9.17, 15) is 14.4 Å². The molecule has 1 aromatic carbocycles. The molecule has 3 N–H and O–H groups in total. The first-order valence-electron chi connectivity index (χ1n) is 8.05. The van der Waals surface area contributed by atoms with Crippen molar-refractivity contribution < 1.29 is 14.4 Å². The van der Waals surface area contributed by atoms with Gasteiger partial charge in [-0.25, -0.2) is 15.0 Å². The number of carbonyl (C=O) groups is 3. The number of hydrogen-bond donors (Lipinski definition) is 2. The molecule has 9 heteroatoms. The molecule has 27 heavy (non-hydrogen) atoms. The van der Waals surface area contributed by atoms with Crippen LogP contribution in [0.2, 0.25) is 0 Å². The lowest BCUT2D eigenvalue weighted by Crippen LogP contribution is -2.47. The molecule has 2 heterocycles. The van der Waals surface area contributed by atoms with E-state index in [0.29, 0.717) is 0 Å². The first-order chi connectivity index (χ1) is 13.1. The van der Waals surface area contributed by atoms with E-state index in [1.54, 1.807) is 30.3 Å². The first kappa shape index (κ1) is 17.9. The lowest BCUT2D eigenvalue weighted by atomic mass is 10.0. The molecule has 2 amide bonds. The Bertz CT molecular complexity index is 955. The molecule has 0 fully saturated rings. The fourth-order valence-electron chi connectivity index (χ4n) is 2.50. The SMILES string of the molecule is NC(=O)C(=O)C(Cc1ccccc1)NC(=O)c1nccn1-c1ncccn1. The van der Waals surface area contributed by atoms with E-state index in [1.807, 2.05) is 6.07 Å². The Morgan fingerprint density at radius 2 is 1.70 bits per heavy atom. The summed E-state index contributed by atoms with van der Waals surface area (Å²) in [6.07, 6.45) is 6.11. The molecule has 3 rings (SSSR count). The Morgan fingerprint density at radius 1 is 1.00 bits per heavy atom. The molecule has 0 saturated carbocycles. The Labute approximate surface area is 154 Å². The van der Waals surface area contributed by atoms with Gasteiger partial charge in [0.1, 0.15) is 6.04 Å². The highest BCUT2D eigenvalue weighted by Crippen LogP contribution is 2.08. The fourth-order valence-corrected chi connectivity index (χ4v) is 2.50. The van der Waals surface area contributed by atoms with Gasteiger partial charge in [0.15, 0.2) is 0 Å². The Hall–Kier alpha value is -3.88. The summed E-state index contributed by atoms with van der Waals surface area (Å²) in [6.45, 7) is 0. The number of hydrogen-bond acceptors (Lipinski definition) is 6. The Kier molecular flexibility index (Phi) is 5.31. The van der Waals surface area contributed by atoms with E-state index in [1.165, 1.54) is 29.4 Å². The van der Waals surface area contributed by atoms with Gasteiger partial charge in [-0.15, -0.1) is 0 Å². The number of benzene rings is 1. The van der Waals surface area contributed by atoms with Crippen LogP contribution in [0.1, 0.15) is 16.2 Å². The van der Waals surface area contributed by atoms with Crippen LogP contribution < -0.4 is 11.1 Å². The van der Waals surface area contributed by atoms with Crippen LogP contribution in [0.15, 0.2) is 61.2 Å². The van der Waals surface area contributed by atoms with Crippen molar-refractivity contribution in [3.8, 4) is 5.95 Å². The van der Waals surface area contributed by atoms with Crippen molar-refractivity contribution >= 4 is 17.6 Å². The number of imidazole rings is 1. The number of carbonyl (C=O) groups excluding carboxylic acids is 3. The maximum Gasteiger partial charge on any atom is 0.288 e. The average Bonchev–Trinajstić information content (AvgIpc) is 3.18. The van der Waals surface area contributed by atoms with Gasteiger partial charge in [0.05, 0.1) is 0 Å². The van der Waals surface area contributed by atoms with Crippen molar-refractivity contribution in [2.24, 2.45) is 5.73 Å². The van der Waals surface area contributed by atoms with E-state index < -0.39 is 23.6 Å². The molecule has 0 saturated heterocycles. The van der Waals surface area contributed by atoms with Crippen molar-refractivity contribution in [2.75, 3.05) is 0 Å². The largest absolute Gasteiger partial charge is 0.363 e. The van der Waals surface area contributed by atoms with Crippen molar-refractivity contribution in [3.63, 3.8) is 0 Å². The molecule has 0 bridgehead atoms. The zero-order chi connectivity index (χ0) is 19.2. The number of primary amides is 1. The maximum atomic E-state index is 12.7. The van der Waals surface area contributed by atoms with Crippen LogP contribution in [0.5, 0.6) is 0 Å². The number of aromatic nitrogens is 4. The predicted molar refractivity (Wildman–Crippen MR) is 94.8 cm³/mol. The minimum absolute atomic E-state index is 0.0171. The summed E-state index contributed by atoms with van der Waals surface area (Å²) in [6, 6.07) is 9.51. The molecular weight excluding hydrogens is 348 g/mol. The fraction of sp³-hybridized carbons (Fsp3) is 0.111. The number of nitrogens with one attached hydrogen (secondary N) is 1. The predicted octanol–water partition coefficient (Wildman–Crippen LogP) is 0.0578. The maximum absolute atomic E-state index is 12.7. The van der Waals surface area contributed by atoms with Crippen molar-refractivity contribution in [3.05, 3.63) is 72.6 Å². The van der Waals surface area contributed by atoms with Crippen LogP contribution in [-0.4, -0.2) is 43.2 Å². The van der Waals surface area contributed by atoms with Crippen LogP contribution in [0.25, 0.3) is 5.95 Å². The average molecular weight is 364 g/mol. The standard InChI is InChI=1S/C18H16N6O3/c19-15(26)14(25)13(11-12-5-2-1-3-6-12)23-17(27)16-20-9-10-24(16)18-21-7-4-8-22-18/h1-10,13H,11H2,(H2,19,26)(H,23,27). The normalized spacial score (nSPS) is 11.6. The van der Waals surface area contributed by atoms with Gasteiger partial charge in [-0.3, -0.25) is 19.0 Å². The number of nitrogens with two attached hydrogens (primary N) is 1. The third-order valence-corrected chi connectivity index (χ3v) is 3.76. The highest BCUT2D eigenvalue weighted by molar-refractivity contribution is 6.38. The topological polar surface area (TPSA) is 133 Å². The van der Waals surface area contributed by atoms with Crippen molar-refractivity contribution in [1.29, 1.82) is 0 Å². The molecule has 1 unspecified atom stereocenters. The zero-order valence-corrected chi connectivity index (χ0v) is 14.1. The molecular formula is C18H16N6O3. The molecule has 0 aliphatic rings. The lowest BCUT2D eigenvalue weighted by Gasteiger charge is -2.16. The Morgan fingerprint density at radius 3 is 2.37 bits per heavy atom. The summed E-state index contributed by atoms with van der Waals surface area (Å²) in [5.41, 5.74) is 5.90. The van der Waals surface area contributed by atoms with Crippen LogP contribution in [0, 0.1) is 0 Å². The van der Waals surface area contributed by atoms with Crippen LogP contribution in [0.3, 0.4) is 0 Å². The van der Waals surface area contributed by atoms with E-state index in [2.05, 4.69) is 20.3 Å². The quantitative estimate of drug-likeness (QED) is 0.570. The molecule has 0 aliphatic heterocycles. The summed E-state index contributed by atoms with van der Waals surface area (Å²) in [7, 11) is 0.